The second kappa shape index (κ2) is 7.31. The van der Waals surface area contributed by atoms with Crippen molar-refractivity contribution < 1.29 is 0 Å². The third-order valence-corrected chi connectivity index (χ3v) is 5.38. The average Bonchev–Trinajstić information content (AvgIpc) is 2.97. The van der Waals surface area contributed by atoms with E-state index in [1.165, 1.54) is 50.0 Å². The van der Waals surface area contributed by atoms with Crippen molar-refractivity contribution in [3.8, 4) is 0 Å². The largest absolute Gasteiger partial charge is 0.371 e. The number of anilines is 1. The second-order valence-electron chi connectivity index (χ2n) is 6.61. The minimum atomic E-state index is 0.430. The summed E-state index contributed by atoms with van der Waals surface area (Å²) in [7, 11) is 0. The van der Waals surface area contributed by atoms with Gasteiger partial charge in [0.1, 0.15) is 0 Å². The molecule has 1 aromatic carbocycles. The van der Waals surface area contributed by atoms with Crippen LogP contribution >= 0.6 is 0 Å². The lowest BCUT2D eigenvalue weighted by Crippen LogP contribution is -2.28. The number of para-hydroxylation sites is 1. The van der Waals surface area contributed by atoms with E-state index in [9.17, 15) is 0 Å². The molecule has 2 nitrogen and oxygen atoms in total. The molecule has 0 bridgehead atoms. The van der Waals surface area contributed by atoms with Crippen LogP contribution in [-0.2, 0) is 0 Å². The van der Waals surface area contributed by atoms with Gasteiger partial charge in [-0.05, 0) is 56.2 Å². The van der Waals surface area contributed by atoms with Crippen molar-refractivity contribution >= 4 is 5.69 Å². The van der Waals surface area contributed by atoms with Crippen LogP contribution in [-0.4, -0.2) is 19.6 Å². The van der Waals surface area contributed by atoms with Gasteiger partial charge in [-0.3, -0.25) is 0 Å². The Bertz CT molecular complexity index is 437. The lowest BCUT2D eigenvalue weighted by atomic mass is 9.82. The number of nitrogens with one attached hydrogen (secondary N) is 1. The van der Waals surface area contributed by atoms with Crippen LogP contribution in [0.5, 0.6) is 0 Å². The minimum absolute atomic E-state index is 0.430. The van der Waals surface area contributed by atoms with Gasteiger partial charge in [-0.2, -0.15) is 0 Å². The Kier molecular flexibility index (Phi) is 5.69. The smallest absolute Gasteiger partial charge is 0.0414 e. The third kappa shape index (κ3) is 3.60. The van der Waals surface area contributed by atoms with E-state index in [-0.39, 0.29) is 0 Å². The van der Waals surface area contributed by atoms with Gasteiger partial charge >= 0.3 is 0 Å². The van der Waals surface area contributed by atoms with Crippen molar-refractivity contribution in [1.82, 2.24) is 5.32 Å². The maximum atomic E-state index is 3.63. The highest BCUT2D eigenvalue weighted by molar-refractivity contribution is 5.56. The van der Waals surface area contributed by atoms with E-state index in [1.54, 1.807) is 0 Å². The van der Waals surface area contributed by atoms with Crippen LogP contribution in [0.1, 0.15) is 65.0 Å². The molecule has 0 aliphatic carbocycles. The van der Waals surface area contributed by atoms with Crippen molar-refractivity contribution in [3.63, 3.8) is 0 Å². The molecule has 1 saturated heterocycles. The fourth-order valence-corrected chi connectivity index (χ4v) is 3.58. The van der Waals surface area contributed by atoms with Crippen LogP contribution in [0.15, 0.2) is 24.3 Å². The van der Waals surface area contributed by atoms with E-state index in [0.29, 0.717) is 11.5 Å². The molecule has 0 amide bonds. The van der Waals surface area contributed by atoms with Crippen LogP contribution < -0.4 is 10.2 Å². The highest BCUT2D eigenvalue weighted by Crippen LogP contribution is 2.40. The van der Waals surface area contributed by atoms with Crippen LogP contribution in [0.25, 0.3) is 0 Å². The predicted molar refractivity (Wildman–Crippen MR) is 93.0 cm³/mol. The van der Waals surface area contributed by atoms with Gasteiger partial charge in [0.2, 0.25) is 0 Å². The summed E-state index contributed by atoms with van der Waals surface area (Å²) in [5, 5.41) is 3.63. The molecule has 1 fully saturated rings. The minimum Gasteiger partial charge on any atom is -0.371 e. The molecule has 1 aromatic rings. The van der Waals surface area contributed by atoms with E-state index in [2.05, 4.69) is 62.2 Å². The zero-order chi connectivity index (χ0) is 15.3. The van der Waals surface area contributed by atoms with Crippen molar-refractivity contribution in [2.45, 2.75) is 59.4 Å². The van der Waals surface area contributed by atoms with Gasteiger partial charge in [0.25, 0.3) is 0 Å². The molecule has 0 saturated carbocycles. The monoisotopic (exact) mass is 288 g/mol. The second-order valence-corrected chi connectivity index (χ2v) is 6.61. The van der Waals surface area contributed by atoms with Crippen molar-refractivity contribution in [2.75, 3.05) is 24.5 Å². The standard InChI is InChI=1S/C19H32N2/c1-5-13-20-16(4)17-10-8-9-11-18(17)21-14-12-19(6-2,7-3)15-21/h8-11,16,20H,5-7,12-15H2,1-4H3. The molecular weight excluding hydrogens is 256 g/mol. The normalized spacial score (nSPS) is 19.0. The summed E-state index contributed by atoms with van der Waals surface area (Å²) in [6, 6.07) is 9.38. The molecule has 1 atom stereocenters. The first-order chi connectivity index (χ1) is 10.2. The van der Waals surface area contributed by atoms with E-state index in [1.807, 2.05) is 0 Å². The van der Waals surface area contributed by atoms with E-state index >= 15 is 0 Å². The fraction of sp³-hybridized carbons (Fsp3) is 0.684. The molecule has 0 radical (unpaired) electrons. The average molecular weight is 288 g/mol. The van der Waals surface area contributed by atoms with E-state index in [4.69, 9.17) is 0 Å². The Balaban J connectivity index is 2.17. The Morgan fingerprint density at radius 1 is 1.19 bits per heavy atom. The van der Waals surface area contributed by atoms with E-state index in [0.717, 1.165) is 6.54 Å². The SMILES string of the molecule is CCCNC(C)c1ccccc1N1CCC(CC)(CC)C1. The maximum absolute atomic E-state index is 3.63. The Labute approximate surface area is 130 Å². The Morgan fingerprint density at radius 3 is 2.52 bits per heavy atom. The Hall–Kier alpha value is -1.02. The molecule has 1 N–H and O–H groups in total. The Morgan fingerprint density at radius 2 is 1.90 bits per heavy atom. The summed E-state index contributed by atoms with van der Waals surface area (Å²) in [6.45, 7) is 12.7. The van der Waals surface area contributed by atoms with Crippen LogP contribution in [0, 0.1) is 5.41 Å². The van der Waals surface area contributed by atoms with Crippen molar-refractivity contribution in [3.05, 3.63) is 29.8 Å². The fourth-order valence-electron chi connectivity index (χ4n) is 3.58. The van der Waals surface area contributed by atoms with Crippen LogP contribution in [0.3, 0.4) is 0 Å². The lowest BCUT2D eigenvalue weighted by Gasteiger charge is -2.29. The van der Waals surface area contributed by atoms with Crippen LogP contribution in [0.2, 0.25) is 0 Å². The zero-order valence-corrected chi connectivity index (χ0v) is 14.3. The van der Waals surface area contributed by atoms with Crippen molar-refractivity contribution in [1.29, 1.82) is 0 Å². The maximum Gasteiger partial charge on any atom is 0.0414 e. The number of rotatable bonds is 7. The first-order valence-electron chi connectivity index (χ1n) is 8.73. The summed E-state index contributed by atoms with van der Waals surface area (Å²) in [5.41, 5.74) is 3.43. The summed E-state index contributed by atoms with van der Waals surface area (Å²) in [6.07, 6.45) is 5.12. The molecular formula is C19H32N2. The molecule has 118 valence electrons. The summed E-state index contributed by atoms with van der Waals surface area (Å²) in [5.74, 6) is 0. The summed E-state index contributed by atoms with van der Waals surface area (Å²) >= 11 is 0. The molecule has 1 aliphatic rings. The van der Waals surface area contributed by atoms with Gasteiger partial charge in [0.15, 0.2) is 0 Å². The number of hydrogen-bond donors (Lipinski definition) is 1. The van der Waals surface area contributed by atoms with Crippen molar-refractivity contribution in [2.24, 2.45) is 5.41 Å². The molecule has 1 heterocycles. The number of benzene rings is 1. The first kappa shape index (κ1) is 16.4. The predicted octanol–water partition coefficient (Wildman–Crippen LogP) is 4.76. The topological polar surface area (TPSA) is 15.3 Å². The van der Waals surface area contributed by atoms with Gasteiger partial charge < -0.3 is 10.2 Å². The molecule has 1 unspecified atom stereocenters. The summed E-state index contributed by atoms with van der Waals surface area (Å²) < 4.78 is 0. The first-order valence-corrected chi connectivity index (χ1v) is 8.73. The molecule has 2 heteroatoms. The van der Waals surface area contributed by atoms with Gasteiger partial charge in [0, 0.05) is 24.8 Å². The molecule has 1 aliphatic heterocycles. The molecule has 21 heavy (non-hydrogen) atoms. The van der Waals surface area contributed by atoms with Gasteiger partial charge in [-0.25, -0.2) is 0 Å². The number of nitrogens with zero attached hydrogens (tertiary/aromatic N) is 1. The van der Waals surface area contributed by atoms with Crippen LogP contribution in [0.4, 0.5) is 5.69 Å². The quantitative estimate of drug-likeness (QED) is 0.778. The van der Waals surface area contributed by atoms with Gasteiger partial charge in [-0.15, -0.1) is 0 Å². The summed E-state index contributed by atoms with van der Waals surface area (Å²) in [4.78, 5) is 2.62. The highest BCUT2D eigenvalue weighted by atomic mass is 15.2. The lowest BCUT2D eigenvalue weighted by molar-refractivity contribution is 0.301. The highest BCUT2D eigenvalue weighted by Gasteiger charge is 2.35. The van der Waals surface area contributed by atoms with Gasteiger partial charge in [0.05, 0.1) is 0 Å². The molecule has 0 aromatic heterocycles. The van der Waals surface area contributed by atoms with Gasteiger partial charge in [-0.1, -0.05) is 39.0 Å². The molecule has 2 rings (SSSR count). The van der Waals surface area contributed by atoms with E-state index < -0.39 is 0 Å². The number of hydrogen-bond acceptors (Lipinski definition) is 2. The third-order valence-electron chi connectivity index (χ3n) is 5.38. The molecule has 0 spiro atoms. The zero-order valence-electron chi connectivity index (χ0n) is 14.3.